The molecule has 1 atom stereocenters. The van der Waals surface area contributed by atoms with E-state index in [1.165, 1.54) is 37.8 Å². The lowest BCUT2D eigenvalue weighted by molar-refractivity contribution is -0.119. The molecule has 1 aliphatic heterocycles. The van der Waals surface area contributed by atoms with Crippen molar-refractivity contribution >= 4 is 11.6 Å². The van der Waals surface area contributed by atoms with Crippen LogP contribution in [0.5, 0.6) is 0 Å². The fraction of sp³-hybridized carbons (Fsp3) is 0.500. The Kier molecular flexibility index (Phi) is 6.85. The fourth-order valence-electron chi connectivity index (χ4n) is 4.86. The molecule has 1 aromatic heterocycles. The Hall–Kier alpha value is -2.48. The lowest BCUT2D eigenvalue weighted by atomic mass is 9.93. The van der Waals surface area contributed by atoms with Gasteiger partial charge >= 0.3 is 0 Å². The number of rotatable bonds is 6. The molecule has 1 saturated carbocycles. The molecule has 31 heavy (non-hydrogen) atoms. The molecule has 2 aromatic rings. The van der Waals surface area contributed by atoms with Crippen molar-refractivity contribution in [1.82, 2.24) is 9.88 Å². The van der Waals surface area contributed by atoms with Gasteiger partial charge in [0.15, 0.2) is 0 Å². The number of benzene rings is 1. The van der Waals surface area contributed by atoms with Gasteiger partial charge in [-0.05, 0) is 42.7 Å². The van der Waals surface area contributed by atoms with Crippen LogP contribution < -0.4 is 10.6 Å². The van der Waals surface area contributed by atoms with E-state index in [1.54, 1.807) is 6.07 Å². The quantitative estimate of drug-likeness (QED) is 0.657. The molecule has 1 aromatic carbocycles. The number of hydrogen-bond donors (Lipinski definition) is 3. The summed E-state index contributed by atoms with van der Waals surface area (Å²) in [6.45, 7) is 2.24. The van der Waals surface area contributed by atoms with Gasteiger partial charge in [-0.1, -0.05) is 31.4 Å². The van der Waals surface area contributed by atoms with Crippen molar-refractivity contribution in [3.63, 3.8) is 0 Å². The molecular weight excluding hydrogens is 392 g/mol. The van der Waals surface area contributed by atoms with Crippen molar-refractivity contribution in [3.05, 3.63) is 47.7 Å². The lowest BCUT2D eigenvalue weighted by Gasteiger charge is -2.36. The summed E-state index contributed by atoms with van der Waals surface area (Å²) in [5, 5.41) is 19.2. The summed E-state index contributed by atoms with van der Waals surface area (Å²) >= 11 is 0. The highest BCUT2D eigenvalue weighted by Crippen LogP contribution is 2.34. The van der Waals surface area contributed by atoms with E-state index >= 15 is 0 Å². The van der Waals surface area contributed by atoms with E-state index in [1.807, 2.05) is 12.1 Å². The maximum Gasteiger partial charge on any atom is 0.231 e. The third-order valence-electron chi connectivity index (χ3n) is 6.42. The molecular formula is C24H32N4O3. The Balaban J connectivity index is 1.69. The first-order chi connectivity index (χ1) is 15.0. The molecule has 0 radical (unpaired) electrons. The molecule has 166 valence electrons. The van der Waals surface area contributed by atoms with Crippen LogP contribution in [-0.2, 0) is 11.3 Å². The van der Waals surface area contributed by atoms with Crippen molar-refractivity contribution in [3.8, 4) is 11.3 Å². The van der Waals surface area contributed by atoms with Gasteiger partial charge in [-0.25, -0.2) is 4.98 Å². The maximum absolute atomic E-state index is 11.6. The Labute approximate surface area is 183 Å². The van der Waals surface area contributed by atoms with Gasteiger partial charge in [0.1, 0.15) is 6.10 Å². The van der Waals surface area contributed by atoms with Crippen LogP contribution in [0, 0.1) is 0 Å². The zero-order chi connectivity index (χ0) is 21.8. The molecule has 4 rings (SSSR count). The van der Waals surface area contributed by atoms with E-state index in [0.717, 1.165) is 29.9 Å². The van der Waals surface area contributed by atoms with Gasteiger partial charge in [0.2, 0.25) is 5.91 Å². The predicted molar refractivity (Wildman–Crippen MR) is 120 cm³/mol. The lowest BCUT2D eigenvalue weighted by Crippen LogP contribution is -2.41. The smallest absolute Gasteiger partial charge is 0.231 e. The van der Waals surface area contributed by atoms with Crippen LogP contribution in [0.2, 0.25) is 0 Å². The topological polar surface area (TPSA) is 103 Å². The molecule has 4 N–H and O–H groups in total. The zero-order valence-electron chi connectivity index (χ0n) is 17.9. The van der Waals surface area contributed by atoms with Crippen LogP contribution >= 0.6 is 0 Å². The number of anilines is 1. The first kappa shape index (κ1) is 21.7. The van der Waals surface area contributed by atoms with Gasteiger partial charge in [-0.3, -0.25) is 9.69 Å². The Morgan fingerprint density at radius 1 is 1.16 bits per heavy atom. The largest absolute Gasteiger partial charge is 0.393 e. The summed E-state index contributed by atoms with van der Waals surface area (Å²) in [5.74, 6) is -0.309. The molecule has 2 aliphatic rings. The molecule has 1 amide bonds. The van der Waals surface area contributed by atoms with Gasteiger partial charge in [0.25, 0.3) is 0 Å². The average molecular weight is 425 g/mol. The SMILES string of the molecule is NC(=O)CN1CCN(C2CCCCC2)c2ccc(-c3cccc([C@H](O)CO)n3)cc2C1. The van der Waals surface area contributed by atoms with Crippen LogP contribution in [0.3, 0.4) is 0 Å². The number of pyridine rings is 1. The van der Waals surface area contributed by atoms with Crippen molar-refractivity contribution in [1.29, 1.82) is 0 Å². The summed E-state index contributed by atoms with van der Waals surface area (Å²) in [5.41, 5.74) is 10.1. The minimum Gasteiger partial charge on any atom is -0.393 e. The standard InChI is InChI=1S/C24H32N4O3/c25-24(31)15-27-11-12-28(19-5-2-1-3-6-19)22-10-9-17(13-18(22)14-27)20-7-4-8-21(26-20)23(30)16-29/h4,7-10,13,19,23,29-30H,1-3,5-6,11-12,14-16H2,(H2,25,31)/t23-/m1/s1. The van der Waals surface area contributed by atoms with E-state index in [0.29, 0.717) is 18.3 Å². The molecule has 1 fully saturated rings. The second-order valence-corrected chi connectivity index (χ2v) is 8.65. The summed E-state index contributed by atoms with van der Waals surface area (Å²) < 4.78 is 0. The number of primary amides is 1. The number of aliphatic hydroxyl groups is 2. The normalized spacial score (nSPS) is 19.0. The predicted octanol–water partition coefficient (Wildman–Crippen LogP) is 2.21. The number of aliphatic hydroxyl groups excluding tert-OH is 2. The number of nitrogens with zero attached hydrogens (tertiary/aromatic N) is 3. The van der Waals surface area contributed by atoms with Crippen LogP contribution in [0.25, 0.3) is 11.3 Å². The van der Waals surface area contributed by atoms with Crippen molar-refractivity contribution < 1.29 is 15.0 Å². The summed E-state index contributed by atoms with van der Waals surface area (Å²) in [7, 11) is 0. The summed E-state index contributed by atoms with van der Waals surface area (Å²) in [4.78, 5) is 20.8. The molecule has 7 nitrogen and oxygen atoms in total. The number of fused-ring (bicyclic) bond motifs is 1. The van der Waals surface area contributed by atoms with E-state index in [-0.39, 0.29) is 19.1 Å². The highest BCUT2D eigenvalue weighted by molar-refractivity contribution is 5.76. The van der Waals surface area contributed by atoms with E-state index in [9.17, 15) is 15.0 Å². The fourth-order valence-corrected chi connectivity index (χ4v) is 4.86. The summed E-state index contributed by atoms with van der Waals surface area (Å²) in [6.07, 6.45) is 5.27. The Morgan fingerprint density at radius 3 is 2.71 bits per heavy atom. The number of carbonyl (C=O) groups is 1. The first-order valence-corrected chi connectivity index (χ1v) is 11.2. The van der Waals surface area contributed by atoms with Crippen molar-refractivity contribution in [2.75, 3.05) is 31.1 Å². The molecule has 0 saturated heterocycles. The molecule has 1 aliphatic carbocycles. The van der Waals surface area contributed by atoms with Crippen molar-refractivity contribution in [2.24, 2.45) is 5.73 Å². The second kappa shape index (κ2) is 9.77. The Morgan fingerprint density at radius 2 is 1.97 bits per heavy atom. The second-order valence-electron chi connectivity index (χ2n) is 8.65. The number of amides is 1. The zero-order valence-corrected chi connectivity index (χ0v) is 17.9. The minimum absolute atomic E-state index is 0.249. The molecule has 0 spiro atoms. The highest BCUT2D eigenvalue weighted by Gasteiger charge is 2.27. The molecule has 7 heteroatoms. The molecule has 2 heterocycles. The Bertz CT molecular complexity index is 913. The van der Waals surface area contributed by atoms with Crippen LogP contribution in [0.1, 0.15) is 49.5 Å². The van der Waals surface area contributed by atoms with Gasteiger partial charge in [0.05, 0.1) is 24.5 Å². The van der Waals surface area contributed by atoms with E-state index in [4.69, 9.17) is 5.73 Å². The maximum atomic E-state index is 11.6. The van der Waals surface area contributed by atoms with Gasteiger partial charge in [-0.2, -0.15) is 0 Å². The van der Waals surface area contributed by atoms with E-state index in [2.05, 4.69) is 33.0 Å². The number of nitrogens with two attached hydrogens (primary N) is 1. The average Bonchev–Trinajstić information content (AvgIpc) is 2.97. The van der Waals surface area contributed by atoms with Crippen LogP contribution in [-0.4, -0.2) is 58.3 Å². The number of hydrogen-bond acceptors (Lipinski definition) is 6. The third-order valence-corrected chi connectivity index (χ3v) is 6.42. The van der Waals surface area contributed by atoms with Crippen LogP contribution in [0.15, 0.2) is 36.4 Å². The molecule has 0 unspecified atom stereocenters. The highest BCUT2D eigenvalue weighted by atomic mass is 16.3. The van der Waals surface area contributed by atoms with Gasteiger partial charge < -0.3 is 20.8 Å². The number of aromatic nitrogens is 1. The van der Waals surface area contributed by atoms with Gasteiger partial charge in [0, 0.05) is 36.9 Å². The monoisotopic (exact) mass is 424 g/mol. The summed E-state index contributed by atoms with van der Waals surface area (Å²) in [6, 6.07) is 12.4. The van der Waals surface area contributed by atoms with E-state index < -0.39 is 6.10 Å². The minimum atomic E-state index is -0.992. The van der Waals surface area contributed by atoms with Gasteiger partial charge in [-0.15, -0.1) is 0 Å². The van der Waals surface area contributed by atoms with Crippen LogP contribution in [0.4, 0.5) is 5.69 Å². The van der Waals surface area contributed by atoms with Crippen molar-refractivity contribution in [2.45, 2.75) is 50.8 Å². The first-order valence-electron chi connectivity index (χ1n) is 11.2. The number of carbonyl (C=O) groups excluding carboxylic acids is 1. The third kappa shape index (κ3) is 5.06. The molecule has 0 bridgehead atoms.